The van der Waals surface area contributed by atoms with E-state index in [4.69, 9.17) is 9.84 Å². The van der Waals surface area contributed by atoms with Crippen LogP contribution in [0.25, 0.3) is 16.9 Å². The molecule has 4 aromatic rings. The second kappa shape index (κ2) is 10.6. The maximum atomic E-state index is 12.6. The Hall–Kier alpha value is -3.86. The van der Waals surface area contributed by atoms with Gasteiger partial charge in [0.1, 0.15) is 5.75 Å². The molecule has 0 spiro atoms. The Balaban J connectivity index is 1.44. The van der Waals surface area contributed by atoms with E-state index < -0.39 is 0 Å². The minimum Gasteiger partial charge on any atom is -0.494 e. The second-order valence-corrected chi connectivity index (χ2v) is 8.00. The van der Waals surface area contributed by atoms with Crippen LogP contribution in [0.3, 0.4) is 0 Å². The van der Waals surface area contributed by atoms with E-state index in [0.29, 0.717) is 26.0 Å². The largest absolute Gasteiger partial charge is 0.494 e. The maximum absolute atomic E-state index is 12.6. The van der Waals surface area contributed by atoms with E-state index in [0.717, 1.165) is 33.8 Å². The highest BCUT2D eigenvalue weighted by Gasteiger charge is 2.14. The normalized spacial score (nSPS) is 10.7. The van der Waals surface area contributed by atoms with Crippen LogP contribution < -0.4 is 10.1 Å². The number of carbonyl (C=O) groups is 1. The number of nitrogens with zero attached hydrogens (tertiary/aromatic N) is 2. The van der Waals surface area contributed by atoms with E-state index >= 15 is 0 Å². The molecule has 0 aliphatic carbocycles. The number of benzene rings is 3. The molecule has 0 bridgehead atoms. The summed E-state index contributed by atoms with van der Waals surface area (Å²) in [7, 11) is 0. The molecule has 5 nitrogen and oxygen atoms in total. The van der Waals surface area contributed by atoms with Crippen molar-refractivity contribution in [3.05, 3.63) is 102 Å². The first kappa shape index (κ1) is 22.3. The minimum absolute atomic E-state index is 0.0196. The van der Waals surface area contributed by atoms with Crippen LogP contribution >= 0.6 is 0 Å². The summed E-state index contributed by atoms with van der Waals surface area (Å²) in [4.78, 5) is 12.6. The van der Waals surface area contributed by atoms with Gasteiger partial charge in [0.2, 0.25) is 5.91 Å². The molecule has 1 N–H and O–H groups in total. The van der Waals surface area contributed by atoms with E-state index in [1.54, 1.807) is 0 Å². The molecule has 168 valence electrons. The van der Waals surface area contributed by atoms with Gasteiger partial charge in [-0.3, -0.25) is 4.79 Å². The number of hydrogen-bond donors (Lipinski definition) is 1. The molecule has 3 aromatic carbocycles. The standard InChI is InChI=1S/C28H29N3O2/c1-3-33-26-16-11-22(12-17-26)19-29-27(32)18-15-24-20-31(25-7-5-4-6-8-25)30-28(24)23-13-9-21(2)10-14-23/h4-14,16-17,20H,3,15,18-19H2,1-2H3,(H,29,32). The molecular formula is C28H29N3O2. The molecule has 1 heterocycles. The molecule has 33 heavy (non-hydrogen) atoms. The molecule has 0 saturated heterocycles. The number of nitrogens with one attached hydrogen (secondary N) is 1. The molecule has 1 aromatic heterocycles. The van der Waals surface area contributed by atoms with Gasteiger partial charge in [0.05, 0.1) is 18.0 Å². The lowest BCUT2D eigenvalue weighted by molar-refractivity contribution is -0.121. The summed E-state index contributed by atoms with van der Waals surface area (Å²) in [5.41, 5.74) is 6.27. The first-order valence-corrected chi connectivity index (χ1v) is 11.3. The van der Waals surface area contributed by atoms with Crippen LogP contribution in [-0.4, -0.2) is 22.3 Å². The SMILES string of the molecule is CCOc1ccc(CNC(=O)CCc2cn(-c3ccccc3)nc2-c2ccc(C)cc2)cc1. The van der Waals surface area contributed by atoms with Crippen LogP contribution in [0.1, 0.15) is 30.0 Å². The summed E-state index contributed by atoms with van der Waals surface area (Å²) >= 11 is 0. The lowest BCUT2D eigenvalue weighted by atomic mass is 10.0. The minimum atomic E-state index is 0.0196. The number of rotatable bonds is 9. The van der Waals surface area contributed by atoms with Gasteiger partial charge in [-0.2, -0.15) is 5.10 Å². The highest BCUT2D eigenvalue weighted by molar-refractivity contribution is 5.76. The number of aryl methyl sites for hydroxylation is 2. The van der Waals surface area contributed by atoms with Gasteiger partial charge >= 0.3 is 0 Å². The highest BCUT2D eigenvalue weighted by atomic mass is 16.5. The number of amides is 1. The van der Waals surface area contributed by atoms with Gasteiger partial charge in [-0.25, -0.2) is 4.68 Å². The average molecular weight is 440 g/mol. The summed E-state index contributed by atoms with van der Waals surface area (Å²) in [5.74, 6) is 0.859. The van der Waals surface area contributed by atoms with E-state index in [1.165, 1.54) is 5.56 Å². The van der Waals surface area contributed by atoms with Gasteiger partial charge in [0.15, 0.2) is 0 Å². The van der Waals surface area contributed by atoms with Gasteiger partial charge in [-0.15, -0.1) is 0 Å². The van der Waals surface area contributed by atoms with Gasteiger partial charge in [0, 0.05) is 24.7 Å². The van der Waals surface area contributed by atoms with E-state index in [9.17, 15) is 4.79 Å². The van der Waals surface area contributed by atoms with Crippen LogP contribution in [0.2, 0.25) is 0 Å². The topological polar surface area (TPSA) is 56.1 Å². The fraction of sp³-hybridized carbons (Fsp3) is 0.214. The summed E-state index contributed by atoms with van der Waals surface area (Å²) in [6.45, 7) is 5.17. The van der Waals surface area contributed by atoms with Crippen LogP contribution in [0.4, 0.5) is 0 Å². The third kappa shape index (κ3) is 5.89. The zero-order valence-corrected chi connectivity index (χ0v) is 19.1. The molecule has 0 aliphatic rings. The molecular weight excluding hydrogens is 410 g/mol. The average Bonchev–Trinajstić information content (AvgIpc) is 3.28. The van der Waals surface area contributed by atoms with Crippen molar-refractivity contribution in [1.29, 1.82) is 0 Å². The van der Waals surface area contributed by atoms with Gasteiger partial charge in [-0.05, 0) is 55.7 Å². The zero-order valence-electron chi connectivity index (χ0n) is 19.1. The lowest BCUT2D eigenvalue weighted by Crippen LogP contribution is -2.23. The number of para-hydroxylation sites is 1. The third-order valence-corrected chi connectivity index (χ3v) is 5.48. The fourth-order valence-corrected chi connectivity index (χ4v) is 3.67. The maximum Gasteiger partial charge on any atom is 0.220 e. The van der Waals surface area contributed by atoms with Crippen molar-refractivity contribution in [3.8, 4) is 22.7 Å². The van der Waals surface area contributed by atoms with Crippen molar-refractivity contribution in [1.82, 2.24) is 15.1 Å². The van der Waals surface area contributed by atoms with Crippen molar-refractivity contribution in [2.24, 2.45) is 0 Å². The quantitative estimate of drug-likeness (QED) is 0.375. The molecule has 4 rings (SSSR count). The molecule has 5 heteroatoms. The summed E-state index contributed by atoms with van der Waals surface area (Å²) in [5, 5.41) is 7.87. The molecule has 0 fully saturated rings. The predicted octanol–water partition coefficient (Wildman–Crippen LogP) is 5.50. The highest BCUT2D eigenvalue weighted by Crippen LogP contribution is 2.25. The molecule has 0 atom stereocenters. The first-order chi connectivity index (χ1) is 16.1. The predicted molar refractivity (Wildman–Crippen MR) is 132 cm³/mol. The third-order valence-electron chi connectivity index (χ3n) is 5.48. The van der Waals surface area contributed by atoms with E-state index in [-0.39, 0.29) is 5.91 Å². The van der Waals surface area contributed by atoms with Crippen molar-refractivity contribution < 1.29 is 9.53 Å². The number of ether oxygens (including phenoxy) is 1. The van der Waals surface area contributed by atoms with Crippen molar-refractivity contribution >= 4 is 5.91 Å². The van der Waals surface area contributed by atoms with Crippen molar-refractivity contribution in [3.63, 3.8) is 0 Å². The Kier molecular flexibility index (Phi) is 7.20. The molecule has 0 saturated carbocycles. The molecule has 0 radical (unpaired) electrons. The van der Waals surface area contributed by atoms with Crippen LogP contribution in [0.15, 0.2) is 85.1 Å². The Morgan fingerprint density at radius 1 is 0.970 bits per heavy atom. The van der Waals surface area contributed by atoms with Crippen molar-refractivity contribution in [2.75, 3.05) is 6.61 Å². The van der Waals surface area contributed by atoms with Crippen LogP contribution in [0.5, 0.6) is 5.75 Å². The van der Waals surface area contributed by atoms with Crippen LogP contribution in [-0.2, 0) is 17.8 Å². The number of carbonyl (C=O) groups excluding carboxylic acids is 1. The lowest BCUT2D eigenvalue weighted by Gasteiger charge is -2.07. The summed E-state index contributed by atoms with van der Waals surface area (Å²) < 4.78 is 7.36. The zero-order chi connectivity index (χ0) is 23.0. The Labute approximate surface area is 195 Å². The van der Waals surface area contributed by atoms with Crippen molar-refractivity contribution in [2.45, 2.75) is 33.2 Å². The van der Waals surface area contributed by atoms with Crippen LogP contribution in [0, 0.1) is 6.92 Å². The molecule has 0 unspecified atom stereocenters. The smallest absolute Gasteiger partial charge is 0.220 e. The number of aromatic nitrogens is 2. The molecule has 0 aliphatic heterocycles. The summed E-state index contributed by atoms with van der Waals surface area (Å²) in [6, 6.07) is 26.2. The number of hydrogen-bond acceptors (Lipinski definition) is 3. The first-order valence-electron chi connectivity index (χ1n) is 11.3. The van der Waals surface area contributed by atoms with Gasteiger partial charge in [-0.1, -0.05) is 60.2 Å². The molecule has 1 amide bonds. The fourth-order valence-electron chi connectivity index (χ4n) is 3.67. The monoisotopic (exact) mass is 439 g/mol. The van der Waals surface area contributed by atoms with Gasteiger partial charge < -0.3 is 10.1 Å². The van der Waals surface area contributed by atoms with E-state index in [2.05, 4.69) is 36.5 Å². The Morgan fingerprint density at radius 3 is 2.39 bits per heavy atom. The van der Waals surface area contributed by atoms with Gasteiger partial charge in [0.25, 0.3) is 0 Å². The second-order valence-electron chi connectivity index (χ2n) is 8.00. The van der Waals surface area contributed by atoms with E-state index in [1.807, 2.05) is 72.4 Å². The Bertz CT molecular complexity index is 1180. The summed E-state index contributed by atoms with van der Waals surface area (Å²) in [6.07, 6.45) is 3.05. The Morgan fingerprint density at radius 2 is 1.70 bits per heavy atom.